The Balaban J connectivity index is 1.53. The monoisotopic (exact) mass is 276 g/mol. The van der Waals surface area contributed by atoms with E-state index >= 15 is 0 Å². The molecule has 2 atom stereocenters. The quantitative estimate of drug-likeness (QED) is 0.920. The van der Waals surface area contributed by atoms with E-state index in [1.54, 1.807) is 19.1 Å². The highest BCUT2D eigenvalue weighted by Gasteiger charge is 2.36. The molecule has 1 N–H and O–H groups in total. The minimum atomic E-state index is -0.279. The zero-order chi connectivity index (χ0) is 14.1. The summed E-state index contributed by atoms with van der Waals surface area (Å²) in [6, 6.07) is 4.81. The van der Waals surface area contributed by atoms with E-state index in [2.05, 4.69) is 10.2 Å². The molecule has 108 valence electrons. The first-order chi connectivity index (χ1) is 9.61. The molecule has 0 radical (unpaired) electrons. The number of likely N-dealkylation sites (tertiary alicyclic amines) is 1. The number of carbonyl (C=O) groups excluding carboxylic acids is 1. The first kappa shape index (κ1) is 13.6. The number of rotatable bonds is 3. The van der Waals surface area contributed by atoms with Gasteiger partial charge in [0.05, 0.1) is 6.54 Å². The maximum absolute atomic E-state index is 13.4. The molecule has 0 aromatic heterocycles. The molecule has 1 saturated heterocycles. The van der Waals surface area contributed by atoms with Crippen LogP contribution in [0.25, 0.3) is 0 Å². The molecule has 2 fully saturated rings. The van der Waals surface area contributed by atoms with Crippen LogP contribution in [0.4, 0.5) is 10.1 Å². The second-order valence-electron chi connectivity index (χ2n) is 6.16. The molecular weight excluding hydrogens is 255 g/mol. The van der Waals surface area contributed by atoms with Crippen molar-refractivity contribution in [1.82, 2.24) is 4.90 Å². The van der Waals surface area contributed by atoms with Gasteiger partial charge in [-0.15, -0.1) is 0 Å². The van der Waals surface area contributed by atoms with Crippen molar-refractivity contribution in [2.75, 3.05) is 25.0 Å². The molecule has 0 bridgehead atoms. The normalized spacial score (nSPS) is 25.7. The van der Waals surface area contributed by atoms with Crippen molar-refractivity contribution in [3.05, 3.63) is 29.6 Å². The number of amides is 1. The molecule has 1 aliphatic heterocycles. The van der Waals surface area contributed by atoms with Crippen molar-refractivity contribution >= 4 is 11.6 Å². The van der Waals surface area contributed by atoms with Gasteiger partial charge in [-0.05, 0) is 49.3 Å². The molecular formula is C16H21FN2O. The maximum Gasteiger partial charge on any atom is 0.238 e. The van der Waals surface area contributed by atoms with Gasteiger partial charge >= 0.3 is 0 Å². The van der Waals surface area contributed by atoms with E-state index < -0.39 is 0 Å². The number of nitrogens with one attached hydrogen (secondary N) is 1. The van der Waals surface area contributed by atoms with Gasteiger partial charge in [0.25, 0.3) is 0 Å². The Morgan fingerprint density at radius 2 is 2.05 bits per heavy atom. The predicted molar refractivity (Wildman–Crippen MR) is 77.0 cm³/mol. The summed E-state index contributed by atoms with van der Waals surface area (Å²) in [4.78, 5) is 14.2. The molecule has 1 aromatic rings. The summed E-state index contributed by atoms with van der Waals surface area (Å²) >= 11 is 0. The fraction of sp³-hybridized carbons (Fsp3) is 0.562. The minimum absolute atomic E-state index is 0.0479. The lowest BCUT2D eigenvalue weighted by atomic mass is 10.0. The number of carbonyl (C=O) groups is 1. The number of hydrogen-bond acceptors (Lipinski definition) is 2. The molecule has 4 heteroatoms. The largest absolute Gasteiger partial charge is 0.325 e. The fourth-order valence-electron chi connectivity index (χ4n) is 3.54. The Morgan fingerprint density at radius 3 is 2.70 bits per heavy atom. The first-order valence-corrected chi connectivity index (χ1v) is 7.40. The minimum Gasteiger partial charge on any atom is -0.325 e. The molecule has 1 heterocycles. The summed E-state index contributed by atoms with van der Waals surface area (Å²) in [7, 11) is 0. The van der Waals surface area contributed by atoms with Crippen molar-refractivity contribution < 1.29 is 9.18 Å². The lowest BCUT2D eigenvalue weighted by Gasteiger charge is -2.16. The summed E-state index contributed by atoms with van der Waals surface area (Å²) in [5.41, 5.74) is 1.13. The molecule has 3 rings (SSSR count). The van der Waals surface area contributed by atoms with Gasteiger partial charge < -0.3 is 5.32 Å². The third-order valence-corrected chi connectivity index (χ3v) is 4.62. The van der Waals surface area contributed by atoms with E-state index in [1.807, 2.05) is 0 Å². The number of fused-ring (bicyclic) bond motifs is 1. The summed E-state index contributed by atoms with van der Waals surface area (Å²) in [5.74, 6) is 1.26. The van der Waals surface area contributed by atoms with Gasteiger partial charge in [-0.25, -0.2) is 4.39 Å². The molecule has 0 spiro atoms. The molecule has 20 heavy (non-hydrogen) atoms. The van der Waals surface area contributed by atoms with Crippen LogP contribution in [0.5, 0.6) is 0 Å². The fourth-order valence-corrected chi connectivity index (χ4v) is 3.54. The smallest absolute Gasteiger partial charge is 0.238 e. The van der Waals surface area contributed by atoms with Crippen LogP contribution >= 0.6 is 0 Å². The number of halogens is 1. The van der Waals surface area contributed by atoms with Crippen molar-refractivity contribution in [1.29, 1.82) is 0 Å². The van der Waals surface area contributed by atoms with E-state index in [0.717, 1.165) is 24.9 Å². The number of hydrogen-bond donors (Lipinski definition) is 1. The zero-order valence-electron chi connectivity index (χ0n) is 11.9. The SMILES string of the molecule is Cc1ccc(NC(=O)CN2CC3CCCC3C2)cc1F. The van der Waals surface area contributed by atoms with Crippen LogP contribution < -0.4 is 5.32 Å². The molecule has 1 amide bonds. The van der Waals surface area contributed by atoms with E-state index in [9.17, 15) is 9.18 Å². The number of benzene rings is 1. The summed E-state index contributed by atoms with van der Waals surface area (Å²) in [6.07, 6.45) is 3.97. The Kier molecular flexibility index (Phi) is 3.74. The highest BCUT2D eigenvalue weighted by molar-refractivity contribution is 5.92. The molecule has 2 aliphatic rings. The second-order valence-corrected chi connectivity index (χ2v) is 6.16. The predicted octanol–water partition coefficient (Wildman–Crippen LogP) is 2.80. The Labute approximate surface area is 119 Å². The third-order valence-electron chi connectivity index (χ3n) is 4.62. The second kappa shape index (κ2) is 5.52. The van der Waals surface area contributed by atoms with Crippen LogP contribution in [0.2, 0.25) is 0 Å². The van der Waals surface area contributed by atoms with E-state index in [1.165, 1.54) is 25.3 Å². The van der Waals surface area contributed by atoms with Crippen molar-refractivity contribution in [3.63, 3.8) is 0 Å². The van der Waals surface area contributed by atoms with E-state index in [-0.39, 0.29) is 11.7 Å². The number of anilines is 1. The van der Waals surface area contributed by atoms with Crippen molar-refractivity contribution in [3.8, 4) is 0 Å². The van der Waals surface area contributed by atoms with Crippen molar-refractivity contribution in [2.24, 2.45) is 11.8 Å². The lowest BCUT2D eigenvalue weighted by Crippen LogP contribution is -2.32. The van der Waals surface area contributed by atoms with Crippen LogP contribution in [-0.2, 0) is 4.79 Å². The summed E-state index contributed by atoms with van der Waals surface area (Å²) in [5, 5.41) is 2.78. The molecule has 3 nitrogen and oxygen atoms in total. The van der Waals surface area contributed by atoms with Crippen LogP contribution in [0.3, 0.4) is 0 Å². The molecule has 1 aromatic carbocycles. The van der Waals surface area contributed by atoms with Gasteiger partial charge in [0, 0.05) is 18.8 Å². The maximum atomic E-state index is 13.4. The van der Waals surface area contributed by atoms with Gasteiger partial charge in [0.2, 0.25) is 5.91 Å². The van der Waals surface area contributed by atoms with Crippen LogP contribution in [-0.4, -0.2) is 30.4 Å². The van der Waals surface area contributed by atoms with E-state index in [0.29, 0.717) is 17.8 Å². The summed E-state index contributed by atoms with van der Waals surface area (Å²) in [6.45, 7) is 4.22. The van der Waals surface area contributed by atoms with Gasteiger partial charge in [-0.3, -0.25) is 9.69 Å². The van der Waals surface area contributed by atoms with Gasteiger partial charge in [0.1, 0.15) is 5.82 Å². The van der Waals surface area contributed by atoms with Crippen LogP contribution in [0, 0.1) is 24.6 Å². The van der Waals surface area contributed by atoms with E-state index in [4.69, 9.17) is 0 Å². The average molecular weight is 276 g/mol. The Bertz CT molecular complexity index is 505. The summed E-state index contributed by atoms with van der Waals surface area (Å²) < 4.78 is 13.4. The van der Waals surface area contributed by atoms with Gasteiger partial charge in [-0.2, -0.15) is 0 Å². The highest BCUT2D eigenvalue weighted by atomic mass is 19.1. The Hall–Kier alpha value is -1.42. The van der Waals surface area contributed by atoms with Gasteiger partial charge in [-0.1, -0.05) is 12.5 Å². The molecule has 2 unspecified atom stereocenters. The number of aryl methyl sites for hydroxylation is 1. The molecule has 1 saturated carbocycles. The van der Waals surface area contributed by atoms with Crippen LogP contribution in [0.1, 0.15) is 24.8 Å². The average Bonchev–Trinajstić information content (AvgIpc) is 2.94. The Morgan fingerprint density at radius 1 is 1.35 bits per heavy atom. The third kappa shape index (κ3) is 2.85. The number of nitrogens with zero attached hydrogens (tertiary/aromatic N) is 1. The molecule has 1 aliphatic carbocycles. The standard InChI is InChI=1S/C16H21FN2O/c1-11-5-6-14(7-15(11)17)18-16(20)10-19-8-12-3-2-4-13(12)9-19/h5-7,12-13H,2-4,8-10H2,1H3,(H,18,20). The zero-order valence-corrected chi connectivity index (χ0v) is 11.9. The first-order valence-electron chi connectivity index (χ1n) is 7.40. The van der Waals surface area contributed by atoms with Crippen molar-refractivity contribution in [2.45, 2.75) is 26.2 Å². The van der Waals surface area contributed by atoms with Crippen LogP contribution in [0.15, 0.2) is 18.2 Å². The topological polar surface area (TPSA) is 32.3 Å². The van der Waals surface area contributed by atoms with Gasteiger partial charge in [0.15, 0.2) is 0 Å². The highest BCUT2D eigenvalue weighted by Crippen LogP contribution is 2.37. The lowest BCUT2D eigenvalue weighted by molar-refractivity contribution is -0.117.